The van der Waals surface area contributed by atoms with Gasteiger partial charge in [0.1, 0.15) is 11.3 Å². The Morgan fingerprint density at radius 1 is 1.21 bits per heavy atom. The predicted molar refractivity (Wildman–Crippen MR) is 70.1 cm³/mol. The van der Waals surface area contributed by atoms with E-state index in [1.807, 2.05) is 13.8 Å². The molecule has 0 unspecified atom stereocenters. The summed E-state index contributed by atoms with van der Waals surface area (Å²) in [5.74, 6) is -2.86. The third-order valence-electron chi connectivity index (χ3n) is 3.82. The summed E-state index contributed by atoms with van der Waals surface area (Å²) < 4.78 is 0. The molecular formula is C15H16O4. The van der Waals surface area contributed by atoms with Gasteiger partial charge in [0.2, 0.25) is 0 Å². The molecule has 19 heavy (non-hydrogen) atoms. The molecule has 4 heteroatoms. The van der Waals surface area contributed by atoms with Crippen LogP contribution >= 0.6 is 0 Å². The Labute approximate surface area is 111 Å². The number of hydrogen-bond acceptors (Lipinski definition) is 2. The van der Waals surface area contributed by atoms with Gasteiger partial charge in [-0.3, -0.25) is 9.59 Å². The lowest BCUT2D eigenvalue weighted by Gasteiger charge is -2.36. The standard InChI is InChI=1S/C15H16O4/c1-9(2)15(14(18)19)8-7-11(13(16)17)10-5-3-4-6-12(10)15/h3-9,11H,1-2H3,(H,16,17)(H,18,19)/t11-,15+/m0/s1. The van der Waals surface area contributed by atoms with Gasteiger partial charge in [-0.15, -0.1) is 0 Å². The highest BCUT2D eigenvalue weighted by molar-refractivity contribution is 5.89. The van der Waals surface area contributed by atoms with Crippen LogP contribution in [-0.2, 0) is 15.0 Å². The molecule has 100 valence electrons. The van der Waals surface area contributed by atoms with E-state index in [0.29, 0.717) is 11.1 Å². The highest BCUT2D eigenvalue weighted by Gasteiger charge is 2.46. The van der Waals surface area contributed by atoms with Gasteiger partial charge in [0.05, 0.1) is 0 Å². The average molecular weight is 260 g/mol. The van der Waals surface area contributed by atoms with Crippen molar-refractivity contribution in [1.82, 2.24) is 0 Å². The second kappa shape index (κ2) is 4.53. The minimum Gasteiger partial charge on any atom is -0.481 e. The summed E-state index contributed by atoms with van der Waals surface area (Å²) in [5, 5.41) is 18.9. The number of rotatable bonds is 3. The first kappa shape index (κ1) is 13.3. The molecule has 0 aromatic heterocycles. The summed E-state index contributed by atoms with van der Waals surface area (Å²) in [5.41, 5.74) is -0.0104. The van der Waals surface area contributed by atoms with E-state index in [1.165, 1.54) is 12.2 Å². The normalized spacial score (nSPS) is 25.1. The molecule has 0 bridgehead atoms. The highest BCUT2D eigenvalue weighted by Crippen LogP contribution is 2.43. The first-order valence-corrected chi connectivity index (χ1v) is 6.16. The lowest BCUT2D eigenvalue weighted by molar-refractivity contribution is -0.144. The summed E-state index contributed by atoms with van der Waals surface area (Å²) in [6.07, 6.45) is 3.01. The summed E-state index contributed by atoms with van der Waals surface area (Å²) >= 11 is 0. The molecule has 0 aliphatic heterocycles. The SMILES string of the molecule is CC(C)[C@]1(C(=O)O)C=C[C@H](C(=O)O)c2ccccc21. The third-order valence-corrected chi connectivity index (χ3v) is 3.82. The van der Waals surface area contributed by atoms with Crippen molar-refractivity contribution in [2.75, 3.05) is 0 Å². The van der Waals surface area contributed by atoms with Crippen LogP contribution in [0.5, 0.6) is 0 Å². The molecule has 0 amide bonds. The van der Waals surface area contributed by atoms with Crippen LogP contribution in [0.3, 0.4) is 0 Å². The van der Waals surface area contributed by atoms with Gasteiger partial charge in [-0.2, -0.15) is 0 Å². The summed E-state index contributed by atoms with van der Waals surface area (Å²) in [6, 6.07) is 6.89. The summed E-state index contributed by atoms with van der Waals surface area (Å²) in [4.78, 5) is 23.0. The van der Waals surface area contributed by atoms with Gasteiger partial charge < -0.3 is 10.2 Å². The Kier molecular flexibility index (Phi) is 3.18. The maximum Gasteiger partial charge on any atom is 0.318 e. The molecule has 0 radical (unpaired) electrons. The van der Waals surface area contributed by atoms with E-state index in [-0.39, 0.29) is 5.92 Å². The number of aliphatic carboxylic acids is 2. The molecule has 0 saturated carbocycles. The Balaban J connectivity index is 2.72. The van der Waals surface area contributed by atoms with Crippen molar-refractivity contribution < 1.29 is 19.8 Å². The van der Waals surface area contributed by atoms with Crippen LogP contribution in [0.1, 0.15) is 30.9 Å². The molecule has 1 aromatic carbocycles. The fourth-order valence-electron chi connectivity index (χ4n) is 2.74. The second-order valence-corrected chi connectivity index (χ2v) is 5.09. The van der Waals surface area contributed by atoms with Gasteiger partial charge in [-0.05, 0) is 17.0 Å². The van der Waals surface area contributed by atoms with Gasteiger partial charge in [0, 0.05) is 0 Å². The van der Waals surface area contributed by atoms with E-state index in [0.717, 1.165) is 0 Å². The lowest BCUT2D eigenvalue weighted by atomic mass is 9.65. The van der Waals surface area contributed by atoms with E-state index < -0.39 is 23.3 Å². The molecule has 1 aliphatic rings. The van der Waals surface area contributed by atoms with Crippen LogP contribution in [0, 0.1) is 5.92 Å². The van der Waals surface area contributed by atoms with Gasteiger partial charge >= 0.3 is 11.9 Å². The molecule has 1 aromatic rings. The van der Waals surface area contributed by atoms with E-state index in [1.54, 1.807) is 24.3 Å². The monoisotopic (exact) mass is 260 g/mol. The van der Waals surface area contributed by atoms with Gasteiger partial charge in [-0.25, -0.2) is 0 Å². The van der Waals surface area contributed by atoms with Crippen molar-refractivity contribution in [2.45, 2.75) is 25.2 Å². The van der Waals surface area contributed by atoms with Crippen LogP contribution in [0.2, 0.25) is 0 Å². The van der Waals surface area contributed by atoms with Gasteiger partial charge in [0.25, 0.3) is 0 Å². The number of carbonyl (C=O) groups is 2. The summed E-state index contributed by atoms with van der Waals surface area (Å²) in [6.45, 7) is 3.66. The zero-order valence-electron chi connectivity index (χ0n) is 10.8. The van der Waals surface area contributed by atoms with Crippen molar-refractivity contribution in [3.63, 3.8) is 0 Å². The van der Waals surface area contributed by atoms with Crippen LogP contribution in [0.15, 0.2) is 36.4 Å². The Morgan fingerprint density at radius 2 is 1.84 bits per heavy atom. The largest absolute Gasteiger partial charge is 0.481 e. The van der Waals surface area contributed by atoms with Crippen molar-refractivity contribution >= 4 is 11.9 Å². The molecule has 0 heterocycles. The first-order valence-electron chi connectivity index (χ1n) is 6.16. The molecule has 0 saturated heterocycles. The number of benzene rings is 1. The van der Waals surface area contributed by atoms with E-state index in [2.05, 4.69) is 0 Å². The topological polar surface area (TPSA) is 74.6 Å². The first-order chi connectivity index (χ1) is 8.91. The lowest BCUT2D eigenvalue weighted by Crippen LogP contribution is -2.42. The van der Waals surface area contributed by atoms with E-state index >= 15 is 0 Å². The minimum absolute atomic E-state index is 0.169. The molecule has 2 N–H and O–H groups in total. The number of carboxylic acids is 2. The number of carboxylic acid groups (broad SMARTS) is 2. The Bertz CT molecular complexity index is 559. The maximum absolute atomic E-state index is 11.8. The van der Waals surface area contributed by atoms with Crippen LogP contribution < -0.4 is 0 Å². The highest BCUT2D eigenvalue weighted by atomic mass is 16.4. The third kappa shape index (κ3) is 1.84. The smallest absolute Gasteiger partial charge is 0.318 e. The van der Waals surface area contributed by atoms with Crippen molar-refractivity contribution in [3.05, 3.63) is 47.5 Å². The van der Waals surface area contributed by atoms with E-state index in [4.69, 9.17) is 0 Å². The molecule has 0 spiro atoms. The minimum atomic E-state index is -1.15. The zero-order valence-corrected chi connectivity index (χ0v) is 10.8. The van der Waals surface area contributed by atoms with Crippen molar-refractivity contribution in [3.8, 4) is 0 Å². The molecule has 0 fully saturated rings. The Morgan fingerprint density at radius 3 is 2.37 bits per heavy atom. The van der Waals surface area contributed by atoms with Gasteiger partial charge in [0.15, 0.2) is 0 Å². The van der Waals surface area contributed by atoms with Crippen molar-refractivity contribution in [1.29, 1.82) is 0 Å². The van der Waals surface area contributed by atoms with Crippen LogP contribution in [0.25, 0.3) is 0 Å². The number of fused-ring (bicyclic) bond motifs is 1. The molecule has 4 nitrogen and oxygen atoms in total. The predicted octanol–water partition coefficient (Wildman–Crippen LogP) is 2.40. The zero-order chi connectivity index (χ0) is 14.2. The van der Waals surface area contributed by atoms with E-state index in [9.17, 15) is 19.8 Å². The summed E-state index contributed by atoms with van der Waals surface area (Å²) in [7, 11) is 0. The quantitative estimate of drug-likeness (QED) is 0.818. The average Bonchev–Trinajstić information content (AvgIpc) is 2.36. The van der Waals surface area contributed by atoms with Crippen LogP contribution in [0.4, 0.5) is 0 Å². The maximum atomic E-state index is 11.8. The Hall–Kier alpha value is -2.10. The fraction of sp³-hybridized carbons (Fsp3) is 0.333. The second-order valence-electron chi connectivity index (χ2n) is 5.09. The number of hydrogen-bond donors (Lipinski definition) is 2. The fourth-order valence-corrected chi connectivity index (χ4v) is 2.74. The van der Waals surface area contributed by atoms with Crippen LogP contribution in [-0.4, -0.2) is 22.2 Å². The molecular weight excluding hydrogens is 244 g/mol. The van der Waals surface area contributed by atoms with Crippen molar-refractivity contribution in [2.24, 2.45) is 5.92 Å². The van der Waals surface area contributed by atoms with Gasteiger partial charge in [-0.1, -0.05) is 50.3 Å². The molecule has 1 aliphatic carbocycles. The molecule has 2 atom stereocenters. The molecule has 2 rings (SSSR count).